The van der Waals surface area contributed by atoms with Crippen LogP contribution < -0.4 is 0 Å². The van der Waals surface area contributed by atoms with Crippen LogP contribution in [0, 0.1) is 10.1 Å². The van der Waals surface area contributed by atoms with E-state index in [-0.39, 0.29) is 30.2 Å². The van der Waals surface area contributed by atoms with Crippen LogP contribution in [0.25, 0.3) is 0 Å². The Bertz CT molecular complexity index is 926. The predicted octanol–water partition coefficient (Wildman–Crippen LogP) is 3.65. The van der Waals surface area contributed by atoms with Crippen LogP contribution in [-0.2, 0) is 23.8 Å². The summed E-state index contributed by atoms with van der Waals surface area (Å²) >= 11 is 3.22. The van der Waals surface area contributed by atoms with Crippen LogP contribution in [0.2, 0.25) is 0 Å². The zero-order chi connectivity index (χ0) is 23.1. The number of carbonyl (C=O) groups excluding carboxylic acids is 2. The minimum atomic E-state index is -0.895. The highest BCUT2D eigenvalue weighted by atomic mass is 79.9. The van der Waals surface area contributed by atoms with Crippen LogP contribution in [0.4, 0.5) is 5.69 Å². The van der Waals surface area contributed by atoms with Gasteiger partial charge >= 0.3 is 11.9 Å². The van der Waals surface area contributed by atoms with E-state index in [1.807, 2.05) is 6.92 Å². The molecule has 1 atom stereocenters. The average molecular weight is 497 g/mol. The van der Waals surface area contributed by atoms with Crippen LogP contribution in [0.15, 0.2) is 46.8 Å². The van der Waals surface area contributed by atoms with Gasteiger partial charge in [0.2, 0.25) is 0 Å². The lowest BCUT2D eigenvalue weighted by Crippen LogP contribution is -2.36. The molecule has 0 aromatic heterocycles. The van der Waals surface area contributed by atoms with Crippen molar-refractivity contribution in [3.63, 3.8) is 0 Å². The third-order valence-electron chi connectivity index (χ3n) is 4.94. The highest BCUT2D eigenvalue weighted by Gasteiger charge is 2.40. The Morgan fingerprint density at radius 3 is 2.39 bits per heavy atom. The third kappa shape index (κ3) is 5.31. The molecular weight excluding hydrogens is 472 g/mol. The Balaban J connectivity index is 2.76. The van der Waals surface area contributed by atoms with Crippen molar-refractivity contribution < 1.29 is 28.7 Å². The monoisotopic (exact) mass is 496 g/mol. The van der Waals surface area contributed by atoms with Crippen molar-refractivity contribution in [2.45, 2.75) is 26.7 Å². The van der Waals surface area contributed by atoms with Crippen molar-refractivity contribution in [3.8, 4) is 0 Å². The molecule has 0 fully saturated rings. The van der Waals surface area contributed by atoms with Crippen LogP contribution in [-0.4, -0.2) is 54.1 Å². The van der Waals surface area contributed by atoms with Crippen molar-refractivity contribution >= 4 is 33.6 Å². The number of nitrogens with zero attached hydrogens (tertiary/aromatic N) is 2. The summed E-state index contributed by atoms with van der Waals surface area (Å²) in [4.78, 5) is 38.4. The number of carbonyl (C=O) groups is 2. The van der Waals surface area contributed by atoms with Crippen molar-refractivity contribution in [2.24, 2.45) is 0 Å². The normalized spacial score (nSPS) is 16.4. The first-order valence-corrected chi connectivity index (χ1v) is 10.7. The number of methoxy groups -OCH3 is 1. The van der Waals surface area contributed by atoms with Gasteiger partial charge in [0.15, 0.2) is 0 Å². The van der Waals surface area contributed by atoms with E-state index in [1.54, 1.807) is 24.8 Å². The Hall–Kier alpha value is -2.72. The molecule has 1 aliphatic heterocycles. The standard InChI is InChI=1S/C21H25BrN2O7/c1-5-30-12-23-13(2)17(20(25)29-4)19(15-7-6-8-16(11-15)24(27)28)18(14(23)3)21(26)31-10-9-22/h6-8,11,19H,5,9-10,12H2,1-4H3. The largest absolute Gasteiger partial charge is 0.466 e. The van der Waals surface area contributed by atoms with E-state index in [2.05, 4.69) is 15.9 Å². The molecule has 0 aliphatic carbocycles. The molecule has 0 amide bonds. The molecule has 168 valence electrons. The van der Waals surface area contributed by atoms with E-state index in [4.69, 9.17) is 14.2 Å². The lowest BCUT2D eigenvalue weighted by Gasteiger charge is -2.37. The van der Waals surface area contributed by atoms with E-state index in [1.165, 1.54) is 25.3 Å². The van der Waals surface area contributed by atoms with Gasteiger partial charge in [-0.3, -0.25) is 10.1 Å². The number of allylic oxidation sites excluding steroid dienone is 2. The minimum Gasteiger partial charge on any atom is -0.466 e. The van der Waals surface area contributed by atoms with Gasteiger partial charge in [0, 0.05) is 35.5 Å². The van der Waals surface area contributed by atoms with Crippen LogP contribution in [0.3, 0.4) is 0 Å². The van der Waals surface area contributed by atoms with E-state index < -0.39 is 22.8 Å². The van der Waals surface area contributed by atoms with Crippen LogP contribution in [0.5, 0.6) is 0 Å². The molecule has 0 N–H and O–H groups in total. The fourth-order valence-corrected chi connectivity index (χ4v) is 3.64. The molecular formula is C21H25BrN2O7. The Morgan fingerprint density at radius 2 is 1.84 bits per heavy atom. The third-order valence-corrected chi connectivity index (χ3v) is 5.26. The van der Waals surface area contributed by atoms with Crippen LogP contribution >= 0.6 is 15.9 Å². The summed E-state index contributed by atoms with van der Waals surface area (Å²) in [5.74, 6) is -2.16. The molecule has 0 bridgehead atoms. The second-order valence-electron chi connectivity index (χ2n) is 6.65. The molecule has 0 saturated heterocycles. The highest BCUT2D eigenvalue weighted by molar-refractivity contribution is 9.09. The summed E-state index contributed by atoms with van der Waals surface area (Å²) in [6, 6.07) is 5.85. The number of nitro benzene ring substituents is 1. The molecule has 1 unspecified atom stereocenters. The average Bonchev–Trinajstić information content (AvgIpc) is 2.76. The summed E-state index contributed by atoms with van der Waals surface area (Å²) in [5, 5.41) is 11.8. The fraction of sp³-hybridized carbons (Fsp3) is 0.429. The highest BCUT2D eigenvalue weighted by Crippen LogP contribution is 2.43. The van der Waals surface area contributed by atoms with E-state index in [9.17, 15) is 19.7 Å². The maximum atomic E-state index is 13.1. The number of hydrogen-bond acceptors (Lipinski definition) is 8. The molecule has 0 radical (unpaired) electrons. The van der Waals surface area contributed by atoms with Gasteiger partial charge in [-0.1, -0.05) is 28.1 Å². The second-order valence-corrected chi connectivity index (χ2v) is 7.44. The van der Waals surface area contributed by atoms with E-state index in [0.717, 1.165) is 0 Å². The number of non-ortho nitro benzene ring substituents is 1. The lowest BCUT2D eigenvalue weighted by atomic mass is 9.79. The molecule has 10 heteroatoms. The van der Waals surface area contributed by atoms with Gasteiger partial charge < -0.3 is 19.1 Å². The summed E-state index contributed by atoms with van der Waals surface area (Å²) in [7, 11) is 1.24. The zero-order valence-electron chi connectivity index (χ0n) is 17.8. The zero-order valence-corrected chi connectivity index (χ0v) is 19.4. The molecule has 2 rings (SSSR count). The lowest BCUT2D eigenvalue weighted by molar-refractivity contribution is -0.384. The number of esters is 2. The van der Waals surface area contributed by atoms with E-state index >= 15 is 0 Å². The molecule has 0 saturated carbocycles. The molecule has 9 nitrogen and oxygen atoms in total. The SMILES string of the molecule is CCOCN1C(C)=C(C(=O)OC)C(c2cccc([N+](=O)[O-])c2)C(C(=O)OCCBr)=C1C. The number of hydrogen-bond donors (Lipinski definition) is 0. The first-order chi connectivity index (χ1) is 14.8. The van der Waals surface area contributed by atoms with Gasteiger partial charge in [0.25, 0.3) is 5.69 Å². The van der Waals surface area contributed by atoms with E-state index in [0.29, 0.717) is 28.9 Å². The maximum absolute atomic E-state index is 13.1. The van der Waals surface area contributed by atoms with Gasteiger partial charge in [0.05, 0.1) is 29.1 Å². The molecule has 1 heterocycles. The predicted molar refractivity (Wildman–Crippen MR) is 116 cm³/mol. The topological polar surface area (TPSA) is 108 Å². The molecule has 1 aliphatic rings. The Kier molecular flexibility index (Phi) is 8.76. The summed E-state index contributed by atoms with van der Waals surface area (Å²) in [6.07, 6.45) is 0. The molecule has 0 spiro atoms. The summed E-state index contributed by atoms with van der Waals surface area (Å²) in [6.45, 7) is 5.96. The smallest absolute Gasteiger partial charge is 0.336 e. The van der Waals surface area contributed by atoms with Crippen molar-refractivity contribution in [3.05, 3.63) is 62.5 Å². The molecule has 1 aromatic rings. The molecule has 31 heavy (non-hydrogen) atoms. The maximum Gasteiger partial charge on any atom is 0.336 e. The minimum absolute atomic E-state index is 0.117. The second kappa shape index (κ2) is 11.1. The number of nitro groups is 1. The van der Waals surface area contributed by atoms with Gasteiger partial charge in [-0.2, -0.15) is 0 Å². The number of halogens is 1. The summed E-state index contributed by atoms with van der Waals surface area (Å²) < 4.78 is 15.9. The quantitative estimate of drug-likeness (QED) is 0.220. The number of ether oxygens (including phenoxy) is 3. The molecule has 1 aromatic carbocycles. The first kappa shape index (κ1) is 24.5. The van der Waals surface area contributed by atoms with Gasteiger partial charge in [-0.15, -0.1) is 0 Å². The van der Waals surface area contributed by atoms with Crippen molar-refractivity contribution in [1.82, 2.24) is 4.90 Å². The fourth-order valence-electron chi connectivity index (χ4n) is 3.48. The first-order valence-electron chi connectivity index (χ1n) is 9.60. The van der Waals surface area contributed by atoms with Crippen molar-refractivity contribution in [1.29, 1.82) is 0 Å². The number of benzene rings is 1. The van der Waals surface area contributed by atoms with Gasteiger partial charge in [-0.25, -0.2) is 9.59 Å². The number of rotatable bonds is 9. The Morgan fingerprint density at radius 1 is 1.19 bits per heavy atom. The van der Waals surface area contributed by atoms with Gasteiger partial charge in [-0.05, 0) is 26.3 Å². The van der Waals surface area contributed by atoms with Crippen molar-refractivity contribution in [2.75, 3.05) is 32.4 Å². The van der Waals surface area contributed by atoms with Gasteiger partial charge in [0.1, 0.15) is 13.3 Å². The number of alkyl halides is 1. The van der Waals surface area contributed by atoms with Crippen LogP contribution in [0.1, 0.15) is 32.3 Å². The Labute approximate surface area is 188 Å². The summed E-state index contributed by atoms with van der Waals surface area (Å²) in [5.41, 5.74) is 1.73.